The Hall–Kier alpha value is -3.39. The van der Waals surface area contributed by atoms with Crippen LogP contribution in [0, 0.1) is 11.3 Å². The molecule has 1 heterocycles. The Morgan fingerprint density at radius 1 is 1.12 bits per heavy atom. The van der Waals surface area contributed by atoms with E-state index in [2.05, 4.69) is 6.07 Å². The number of fused-ring (bicyclic) bond motifs is 1. The molecule has 0 saturated carbocycles. The van der Waals surface area contributed by atoms with Gasteiger partial charge < -0.3 is 9.30 Å². The summed E-state index contributed by atoms with van der Waals surface area (Å²) in [5.74, 6) is -0.107. The van der Waals surface area contributed by atoms with E-state index in [4.69, 9.17) is 4.74 Å². The van der Waals surface area contributed by atoms with E-state index < -0.39 is 5.97 Å². The number of pyridine rings is 1. The molecule has 0 atom stereocenters. The van der Waals surface area contributed by atoms with Crippen LogP contribution in [0.4, 0.5) is 0 Å². The highest BCUT2D eigenvalue weighted by Gasteiger charge is 2.17. The van der Waals surface area contributed by atoms with E-state index in [-0.39, 0.29) is 11.3 Å². The first-order valence-corrected chi connectivity index (χ1v) is 7.33. The predicted molar refractivity (Wildman–Crippen MR) is 90.6 cm³/mol. The Morgan fingerprint density at radius 2 is 1.83 bits per heavy atom. The first-order chi connectivity index (χ1) is 11.5. The minimum absolute atomic E-state index is 0.263. The van der Waals surface area contributed by atoms with Gasteiger partial charge in [0.25, 0.3) is 5.56 Å². The van der Waals surface area contributed by atoms with Crippen molar-refractivity contribution < 1.29 is 9.53 Å². The Morgan fingerprint density at radius 3 is 2.46 bits per heavy atom. The molecule has 3 rings (SSSR count). The van der Waals surface area contributed by atoms with Gasteiger partial charge in [-0.1, -0.05) is 30.3 Å². The lowest BCUT2D eigenvalue weighted by Gasteiger charge is -2.13. The minimum atomic E-state index is -0.444. The number of carbonyl (C=O) groups is 1. The predicted octanol–water partition coefficient (Wildman–Crippen LogP) is 3.00. The molecule has 0 N–H and O–H groups in total. The van der Waals surface area contributed by atoms with Gasteiger partial charge in [0, 0.05) is 30.3 Å². The maximum absolute atomic E-state index is 12.5. The summed E-state index contributed by atoms with van der Waals surface area (Å²) in [6.45, 7) is 1.31. The van der Waals surface area contributed by atoms with Gasteiger partial charge >= 0.3 is 5.97 Å². The fraction of sp³-hybridized carbons (Fsp3) is 0.105. The summed E-state index contributed by atoms with van der Waals surface area (Å²) in [6.07, 6.45) is 0. The smallest absolute Gasteiger partial charge is 0.308 e. The standard InChI is InChI=1S/C19H14N2O3/c1-12(22)24-14-8-9-15-16(10-14)18(13-6-4-3-5-7-13)17(11-20)21(2)19(15)23/h3-10H,1-2H3. The van der Waals surface area contributed by atoms with Gasteiger partial charge in [-0.25, -0.2) is 0 Å². The van der Waals surface area contributed by atoms with Crippen molar-refractivity contribution in [2.75, 3.05) is 0 Å². The van der Waals surface area contributed by atoms with Gasteiger partial charge in [-0.3, -0.25) is 9.59 Å². The summed E-state index contributed by atoms with van der Waals surface area (Å²) in [5, 5.41) is 10.6. The first kappa shape index (κ1) is 15.5. The van der Waals surface area contributed by atoms with E-state index >= 15 is 0 Å². The third kappa shape index (κ3) is 2.55. The number of ether oxygens (including phenoxy) is 1. The molecule has 0 fully saturated rings. The van der Waals surface area contributed by atoms with Crippen molar-refractivity contribution in [1.29, 1.82) is 5.26 Å². The number of rotatable bonds is 2. The van der Waals surface area contributed by atoms with Crippen molar-refractivity contribution in [1.82, 2.24) is 4.57 Å². The highest BCUT2D eigenvalue weighted by Crippen LogP contribution is 2.32. The Labute approximate surface area is 138 Å². The molecule has 2 aromatic carbocycles. The molecule has 5 heteroatoms. The van der Waals surface area contributed by atoms with E-state index in [1.165, 1.54) is 11.5 Å². The molecule has 0 aliphatic carbocycles. The summed E-state index contributed by atoms with van der Waals surface area (Å²) in [4.78, 5) is 23.7. The minimum Gasteiger partial charge on any atom is -0.427 e. The van der Waals surface area contributed by atoms with Gasteiger partial charge in [0.15, 0.2) is 0 Å². The molecule has 0 spiro atoms. The zero-order valence-electron chi connectivity index (χ0n) is 13.2. The lowest BCUT2D eigenvalue weighted by molar-refractivity contribution is -0.131. The molecule has 3 aromatic rings. The molecule has 0 bridgehead atoms. The zero-order valence-corrected chi connectivity index (χ0v) is 13.2. The first-order valence-electron chi connectivity index (χ1n) is 7.33. The van der Waals surface area contributed by atoms with Crippen molar-refractivity contribution in [3.63, 3.8) is 0 Å². The van der Waals surface area contributed by atoms with Crippen LogP contribution >= 0.6 is 0 Å². The van der Waals surface area contributed by atoms with Crippen LogP contribution < -0.4 is 10.3 Å². The molecule has 0 unspecified atom stereocenters. The number of esters is 1. The van der Waals surface area contributed by atoms with Gasteiger partial charge in [-0.05, 0) is 23.8 Å². The van der Waals surface area contributed by atoms with E-state index in [0.717, 1.165) is 5.56 Å². The van der Waals surface area contributed by atoms with Crippen LogP contribution in [0.15, 0.2) is 53.3 Å². The lowest BCUT2D eigenvalue weighted by atomic mass is 9.97. The normalized spacial score (nSPS) is 10.4. The molecular formula is C19H14N2O3. The van der Waals surface area contributed by atoms with Gasteiger partial charge in [-0.15, -0.1) is 0 Å². The Kier molecular flexibility index (Phi) is 3.88. The second-order valence-corrected chi connectivity index (χ2v) is 5.37. The number of benzene rings is 2. The van der Waals surface area contributed by atoms with E-state index in [0.29, 0.717) is 22.1 Å². The summed E-state index contributed by atoms with van der Waals surface area (Å²) in [5.41, 5.74) is 1.45. The summed E-state index contributed by atoms with van der Waals surface area (Å²) in [7, 11) is 1.58. The Balaban J connectivity index is 2.46. The third-order valence-corrected chi connectivity index (χ3v) is 3.80. The highest BCUT2D eigenvalue weighted by molar-refractivity contribution is 5.99. The summed E-state index contributed by atoms with van der Waals surface area (Å²) in [6, 6.07) is 16.3. The molecule has 24 heavy (non-hydrogen) atoms. The van der Waals surface area contributed by atoms with E-state index in [9.17, 15) is 14.9 Å². The molecule has 1 aromatic heterocycles. The van der Waals surface area contributed by atoms with Crippen LogP contribution in [-0.4, -0.2) is 10.5 Å². The molecule has 5 nitrogen and oxygen atoms in total. The quantitative estimate of drug-likeness (QED) is 0.538. The fourth-order valence-electron chi connectivity index (χ4n) is 2.75. The molecule has 118 valence electrons. The van der Waals surface area contributed by atoms with Crippen molar-refractivity contribution in [3.05, 3.63) is 64.6 Å². The summed E-state index contributed by atoms with van der Waals surface area (Å²) >= 11 is 0. The molecule has 0 aliphatic rings. The maximum atomic E-state index is 12.5. The van der Waals surface area contributed by atoms with Crippen molar-refractivity contribution in [2.45, 2.75) is 6.92 Å². The summed E-state index contributed by atoms with van der Waals surface area (Å²) < 4.78 is 6.47. The SMILES string of the molecule is CC(=O)Oc1ccc2c(=O)n(C)c(C#N)c(-c3ccccc3)c2c1. The average molecular weight is 318 g/mol. The number of hydrogen-bond acceptors (Lipinski definition) is 4. The van der Waals surface area contributed by atoms with Gasteiger partial charge in [0.05, 0.1) is 0 Å². The number of hydrogen-bond donors (Lipinski definition) is 0. The van der Waals surface area contributed by atoms with Crippen molar-refractivity contribution in [3.8, 4) is 22.9 Å². The molecule has 0 aliphatic heterocycles. The van der Waals surface area contributed by atoms with Crippen molar-refractivity contribution >= 4 is 16.7 Å². The second kappa shape index (κ2) is 6.01. The average Bonchev–Trinajstić information content (AvgIpc) is 2.58. The topological polar surface area (TPSA) is 72.1 Å². The third-order valence-electron chi connectivity index (χ3n) is 3.80. The number of carbonyl (C=O) groups excluding carboxylic acids is 1. The van der Waals surface area contributed by atoms with E-state index in [1.807, 2.05) is 30.3 Å². The van der Waals surface area contributed by atoms with Crippen LogP contribution in [0.2, 0.25) is 0 Å². The fourth-order valence-corrected chi connectivity index (χ4v) is 2.75. The second-order valence-electron chi connectivity index (χ2n) is 5.37. The van der Waals surface area contributed by atoms with Gasteiger partial charge in [0.2, 0.25) is 0 Å². The lowest BCUT2D eigenvalue weighted by Crippen LogP contribution is -2.20. The maximum Gasteiger partial charge on any atom is 0.308 e. The van der Waals surface area contributed by atoms with Gasteiger partial charge in [-0.2, -0.15) is 5.26 Å². The van der Waals surface area contributed by atoms with Crippen LogP contribution in [0.25, 0.3) is 21.9 Å². The molecular weight excluding hydrogens is 304 g/mol. The van der Waals surface area contributed by atoms with Crippen molar-refractivity contribution in [2.24, 2.45) is 7.05 Å². The van der Waals surface area contributed by atoms with Crippen LogP contribution in [0.3, 0.4) is 0 Å². The van der Waals surface area contributed by atoms with Crippen LogP contribution in [-0.2, 0) is 11.8 Å². The van der Waals surface area contributed by atoms with Gasteiger partial charge in [0.1, 0.15) is 17.5 Å². The number of nitriles is 1. The number of aromatic nitrogens is 1. The number of nitrogens with zero attached hydrogens (tertiary/aromatic N) is 2. The largest absolute Gasteiger partial charge is 0.427 e. The van der Waals surface area contributed by atoms with Crippen LogP contribution in [0.5, 0.6) is 5.75 Å². The molecule has 0 saturated heterocycles. The highest BCUT2D eigenvalue weighted by atomic mass is 16.5. The van der Waals surface area contributed by atoms with Crippen LogP contribution in [0.1, 0.15) is 12.6 Å². The molecule has 0 radical (unpaired) electrons. The Bertz CT molecular complexity index is 1040. The molecule has 0 amide bonds. The monoisotopic (exact) mass is 318 g/mol. The van der Waals surface area contributed by atoms with E-state index in [1.54, 1.807) is 25.2 Å². The zero-order chi connectivity index (χ0) is 17.3.